The number of fused-ring (bicyclic) bond motifs is 12. The molecule has 4 aromatic carbocycles. The predicted molar refractivity (Wildman–Crippen MR) is 229 cm³/mol. The van der Waals surface area contributed by atoms with E-state index in [9.17, 15) is 33.3 Å². The Hall–Kier alpha value is -6.11. The van der Waals surface area contributed by atoms with Crippen molar-refractivity contribution in [1.29, 1.82) is 0 Å². The largest absolute Gasteiger partial charge is 0.496 e. The first kappa shape index (κ1) is 43.2. The number of carbonyl (C=O) groups is 2. The minimum atomic E-state index is -3.63. The molecule has 4 aromatic rings. The van der Waals surface area contributed by atoms with Crippen LogP contribution in [-0.4, -0.2) is 106 Å². The average Bonchev–Trinajstić information content (AvgIpc) is 3.29. The first-order valence-electron chi connectivity index (χ1n) is 20.5. The molecule has 0 bridgehead atoms. The number of rotatable bonds is 8. The minimum Gasteiger partial charge on any atom is -0.496 e. The molecule has 336 valence electrons. The number of ketones is 2. The van der Waals surface area contributed by atoms with Gasteiger partial charge in [-0.05, 0) is 86.7 Å². The monoisotopic (exact) mass is 898 g/mol. The fourth-order valence-electron chi connectivity index (χ4n) is 8.77. The minimum absolute atomic E-state index is 0.0590. The highest BCUT2D eigenvalue weighted by atomic mass is 32.2. The van der Waals surface area contributed by atoms with Gasteiger partial charge in [-0.2, -0.15) is 8.42 Å². The molecule has 0 amide bonds. The molecule has 6 heterocycles. The molecule has 6 aliphatic heterocycles. The van der Waals surface area contributed by atoms with Crippen LogP contribution in [0.1, 0.15) is 79.8 Å². The van der Waals surface area contributed by atoms with Gasteiger partial charge in [-0.3, -0.25) is 13.8 Å². The van der Waals surface area contributed by atoms with Crippen LogP contribution >= 0.6 is 0 Å². The van der Waals surface area contributed by atoms with Gasteiger partial charge in [0.25, 0.3) is 10.1 Å². The molecule has 0 saturated carbocycles. The van der Waals surface area contributed by atoms with E-state index in [-0.39, 0.29) is 51.2 Å². The molecule has 10 rings (SSSR count). The highest BCUT2D eigenvalue weighted by Crippen LogP contribution is 2.51. The van der Waals surface area contributed by atoms with Gasteiger partial charge in [0, 0.05) is 22.3 Å². The van der Waals surface area contributed by atoms with E-state index >= 15 is 0 Å². The van der Waals surface area contributed by atoms with Crippen molar-refractivity contribution >= 4 is 33.8 Å². The van der Waals surface area contributed by atoms with Crippen LogP contribution in [0.4, 0.5) is 0 Å². The van der Waals surface area contributed by atoms with Crippen molar-refractivity contribution < 1.29 is 75.4 Å². The molecule has 0 aromatic heterocycles. The molecule has 0 aliphatic carbocycles. The second-order valence-electron chi connectivity index (χ2n) is 16.7. The van der Waals surface area contributed by atoms with E-state index in [1.807, 2.05) is 6.08 Å². The number of carbonyl (C=O) groups excluding carboxylic acids is 2. The smallest absolute Gasteiger partial charge is 0.264 e. The third kappa shape index (κ3) is 7.50. The second kappa shape index (κ2) is 16.2. The Kier molecular flexibility index (Phi) is 10.9. The van der Waals surface area contributed by atoms with E-state index in [1.165, 1.54) is 14.2 Å². The summed E-state index contributed by atoms with van der Waals surface area (Å²) in [7, 11) is -0.601. The third-order valence-electron chi connectivity index (χ3n) is 12.1. The van der Waals surface area contributed by atoms with Gasteiger partial charge in [0.15, 0.2) is 11.6 Å². The lowest BCUT2D eigenvalue weighted by Crippen LogP contribution is -2.43. The van der Waals surface area contributed by atoms with E-state index in [0.717, 1.165) is 6.26 Å². The number of aliphatic hydroxyl groups is 3. The number of aliphatic hydroxyl groups excluding tert-OH is 3. The van der Waals surface area contributed by atoms with Crippen molar-refractivity contribution in [2.45, 2.75) is 62.3 Å². The van der Waals surface area contributed by atoms with Gasteiger partial charge < -0.3 is 53.2 Å². The van der Waals surface area contributed by atoms with Gasteiger partial charge >= 0.3 is 0 Å². The number of hydrogen-bond donors (Lipinski definition) is 3. The van der Waals surface area contributed by atoms with Crippen LogP contribution in [-0.2, 0) is 27.5 Å². The zero-order valence-corrected chi connectivity index (χ0v) is 36.4. The third-order valence-corrected chi connectivity index (χ3v) is 12.6. The zero-order valence-electron chi connectivity index (χ0n) is 35.5. The lowest BCUT2D eigenvalue weighted by Gasteiger charge is -2.39. The summed E-state index contributed by atoms with van der Waals surface area (Å²) in [6.45, 7) is 3.11. The SMILES string of the molecule is COc1cc2c(cc1CO)OC[C@H]1Oc3c(ccc4c3C=CC(C)(CO)O4)C(=O)[C@@H]21.COc1cc2c(cc1CO)OC[C@H]1Oc3c(ccc4c3C=CC(C)(COS(C)(=O)=O)O4)C(=O)[C@@H]21. The summed E-state index contributed by atoms with van der Waals surface area (Å²) in [5.74, 6) is 2.66. The van der Waals surface area contributed by atoms with Crippen molar-refractivity contribution in [3.05, 3.63) is 105 Å². The summed E-state index contributed by atoms with van der Waals surface area (Å²) < 4.78 is 74.7. The maximum Gasteiger partial charge on any atom is 0.264 e. The number of methoxy groups -OCH3 is 2. The number of Topliss-reactive ketones (excluding diaryl/α,β-unsaturated/α-hetero) is 2. The molecule has 17 heteroatoms. The first-order chi connectivity index (χ1) is 30.6. The summed E-state index contributed by atoms with van der Waals surface area (Å²) in [4.78, 5) is 27.1. The summed E-state index contributed by atoms with van der Waals surface area (Å²) in [5.41, 5.74) is 2.88. The summed E-state index contributed by atoms with van der Waals surface area (Å²) >= 11 is 0. The first-order valence-corrected chi connectivity index (χ1v) is 22.3. The van der Waals surface area contributed by atoms with Gasteiger partial charge in [-0.1, -0.05) is 0 Å². The van der Waals surface area contributed by atoms with Crippen LogP contribution in [0.5, 0.6) is 46.0 Å². The van der Waals surface area contributed by atoms with Crippen LogP contribution in [0.2, 0.25) is 0 Å². The molecule has 6 aliphatic rings. The molecule has 0 saturated heterocycles. The normalized spacial score (nSPS) is 25.1. The van der Waals surface area contributed by atoms with Crippen LogP contribution in [0.25, 0.3) is 12.2 Å². The van der Waals surface area contributed by atoms with Crippen molar-refractivity contribution in [2.24, 2.45) is 0 Å². The highest BCUT2D eigenvalue weighted by molar-refractivity contribution is 7.86. The Labute approximate surface area is 368 Å². The fraction of sp³-hybridized carbons (Fsp3) is 0.362. The van der Waals surface area contributed by atoms with E-state index in [4.69, 9.17) is 42.1 Å². The molecule has 6 atom stereocenters. The molecule has 3 N–H and O–H groups in total. The van der Waals surface area contributed by atoms with E-state index in [2.05, 4.69) is 0 Å². The summed E-state index contributed by atoms with van der Waals surface area (Å²) in [6, 6.07) is 13.6. The molecular formula is C47H46O16S. The Morgan fingerprint density at radius 3 is 1.55 bits per heavy atom. The molecular weight excluding hydrogens is 853 g/mol. The number of benzene rings is 4. The van der Waals surface area contributed by atoms with Crippen LogP contribution in [0, 0.1) is 0 Å². The van der Waals surface area contributed by atoms with Gasteiger partial charge in [-0.25, -0.2) is 0 Å². The Morgan fingerprint density at radius 1 is 0.672 bits per heavy atom. The lowest BCUT2D eigenvalue weighted by atomic mass is 9.80. The zero-order chi connectivity index (χ0) is 45.3. The van der Waals surface area contributed by atoms with Crippen molar-refractivity contribution in [2.75, 3.05) is 46.9 Å². The fourth-order valence-corrected chi connectivity index (χ4v) is 9.22. The Morgan fingerprint density at radius 2 is 1.12 bits per heavy atom. The lowest BCUT2D eigenvalue weighted by molar-refractivity contribution is 0.0523. The molecule has 2 unspecified atom stereocenters. The molecule has 64 heavy (non-hydrogen) atoms. The standard InChI is InChI=1S/C24H24O9S.C23H22O7/c1-24(12-31-34(3,27)28)7-6-14-17(33-24)5-4-15-22(26)21-16-9-18(29-2)13(10-25)8-19(16)30-11-20(21)32-23(14)15;1-23(11-25)6-5-13-16(30-23)4-3-14-21(26)20-15-8-17(27-2)12(9-24)7-18(15)28-10-19(20)29-22(13)14/h4-9,20-21,25H,10-12H2,1-3H3;3-8,19-20,24-25H,9-11H2,1-2H3/t20-,21+,24?;19-,20+,23?/m11/s1. The maximum absolute atomic E-state index is 13.6. The van der Waals surface area contributed by atoms with E-state index in [0.29, 0.717) is 90.5 Å². The van der Waals surface area contributed by atoms with Crippen LogP contribution in [0.3, 0.4) is 0 Å². The highest BCUT2D eigenvalue weighted by Gasteiger charge is 2.47. The topological polar surface area (TPSA) is 212 Å². The van der Waals surface area contributed by atoms with Gasteiger partial charge in [0.1, 0.15) is 89.2 Å². The van der Waals surface area contributed by atoms with Crippen LogP contribution < -0.4 is 37.9 Å². The van der Waals surface area contributed by atoms with E-state index < -0.39 is 45.4 Å². The van der Waals surface area contributed by atoms with Crippen LogP contribution in [0.15, 0.2) is 60.7 Å². The average molecular weight is 899 g/mol. The van der Waals surface area contributed by atoms with Gasteiger partial charge in [0.2, 0.25) is 0 Å². The van der Waals surface area contributed by atoms with Gasteiger partial charge in [0.05, 0.1) is 74.4 Å². The number of hydrogen-bond acceptors (Lipinski definition) is 16. The second-order valence-corrected chi connectivity index (χ2v) is 18.3. The van der Waals surface area contributed by atoms with Crippen molar-refractivity contribution in [1.82, 2.24) is 0 Å². The molecule has 0 radical (unpaired) electrons. The van der Waals surface area contributed by atoms with Crippen molar-refractivity contribution in [3.8, 4) is 46.0 Å². The summed E-state index contributed by atoms with van der Waals surface area (Å²) in [5, 5.41) is 28.8. The predicted octanol–water partition coefficient (Wildman–Crippen LogP) is 4.91. The van der Waals surface area contributed by atoms with E-state index in [1.54, 1.807) is 80.6 Å². The quantitative estimate of drug-likeness (QED) is 0.201. The molecule has 16 nitrogen and oxygen atoms in total. The number of ether oxygens (including phenoxy) is 8. The Bertz CT molecular complexity index is 2760. The molecule has 0 fully saturated rings. The summed E-state index contributed by atoms with van der Waals surface area (Å²) in [6.07, 6.45) is 6.97. The van der Waals surface area contributed by atoms with Gasteiger partial charge in [-0.15, -0.1) is 0 Å². The maximum atomic E-state index is 13.6. The van der Waals surface area contributed by atoms with Crippen molar-refractivity contribution in [3.63, 3.8) is 0 Å². The Balaban J connectivity index is 0.000000163. The molecule has 0 spiro atoms.